The van der Waals surface area contributed by atoms with Crippen molar-refractivity contribution in [3.63, 3.8) is 0 Å². The number of fused-ring (bicyclic) bond motifs is 1. The lowest BCUT2D eigenvalue weighted by Gasteiger charge is -2.36. The van der Waals surface area contributed by atoms with E-state index in [0.717, 1.165) is 18.5 Å². The molecular formula is C14H27NO. The monoisotopic (exact) mass is 225 g/mol. The lowest BCUT2D eigenvalue weighted by atomic mass is 9.84. The van der Waals surface area contributed by atoms with E-state index in [9.17, 15) is 5.11 Å². The van der Waals surface area contributed by atoms with Crippen molar-refractivity contribution in [1.82, 2.24) is 4.90 Å². The molecule has 0 aromatic rings. The Balaban J connectivity index is 1.91. The molecule has 16 heavy (non-hydrogen) atoms. The smallest absolute Gasteiger partial charge is 0.0715 e. The highest BCUT2D eigenvalue weighted by atomic mass is 16.3. The minimum atomic E-state index is -0.187. The molecule has 2 fully saturated rings. The maximum atomic E-state index is 10.2. The molecule has 0 bridgehead atoms. The van der Waals surface area contributed by atoms with Crippen molar-refractivity contribution >= 4 is 0 Å². The summed E-state index contributed by atoms with van der Waals surface area (Å²) >= 11 is 0. The van der Waals surface area contributed by atoms with Gasteiger partial charge in [-0.15, -0.1) is 0 Å². The van der Waals surface area contributed by atoms with Crippen LogP contribution in [-0.4, -0.2) is 35.2 Å². The number of aliphatic hydroxyl groups excluding tert-OH is 1. The molecule has 1 aliphatic carbocycles. The molecule has 3 unspecified atom stereocenters. The Kier molecular flexibility index (Phi) is 3.60. The van der Waals surface area contributed by atoms with Crippen molar-refractivity contribution < 1.29 is 5.11 Å². The topological polar surface area (TPSA) is 23.5 Å². The lowest BCUT2D eigenvalue weighted by molar-refractivity contribution is 0.0186. The molecule has 0 amide bonds. The molecule has 2 heteroatoms. The first kappa shape index (κ1) is 12.4. The summed E-state index contributed by atoms with van der Waals surface area (Å²) in [5, 5.41) is 10.2. The van der Waals surface area contributed by atoms with Crippen LogP contribution >= 0.6 is 0 Å². The van der Waals surface area contributed by atoms with Crippen molar-refractivity contribution in [2.45, 2.75) is 65.0 Å². The molecule has 1 N–H and O–H groups in total. The SMILES string of the molecule is CC(C)(C)C(O)CN1CCC2CCCCC21. The highest BCUT2D eigenvalue weighted by Crippen LogP contribution is 2.36. The summed E-state index contributed by atoms with van der Waals surface area (Å²) in [7, 11) is 0. The average Bonchev–Trinajstić information content (AvgIpc) is 2.61. The Morgan fingerprint density at radius 1 is 1.19 bits per heavy atom. The highest BCUT2D eigenvalue weighted by Gasteiger charge is 2.37. The van der Waals surface area contributed by atoms with Crippen LogP contribution in [0.2, 0.25) is 0 Å². The zero-order valence-electron chi connectivity index (χ0n) is 11.1. The van der Waals surface area contributed by atoms with Gasteiger partial charge < -0.3 is 5.11 Å². The third kappa shape index (κ3) is 2.60. The Bertz CT molecular complexity index is 233. The number of rotatable bonds is 2. The summed E-state index contributed by atoms with van der Waals surface area (Å²) in [4.78, 5) is 2.56. The second-order valence-electron chi connectivity index (χ2n) is 6.78. The fourth-order valence-corrected chi connectivity index (χ4v) is 3.23. The van der Waals surface area contributed by atoms with E-state index in [-0.39, 0.29) is 11.5 Å². The largest absolute Gasteiger partial charge is 0.391 e. The summed E-state index contributed by atoms with van der Waals surface area (Å²) < 4.78 is 0. The van der Waals surface area contributed by atoms with E-state index >= 15 is 0 Å². The average molecular weight is 225 g/mol. The van der Waals surface area contributed by atoms with Gasteiger partial charge in [0.25, 0.3) is 0 Å². The van der Waals surface area contributed by atoms with E-state index < -0.39 is 0 Å². The molecule has 0 radical (unpaired) electrons. The summed E-state index contributed by atoms with van der Waals surface area (Å²) in [6.45, 7) is 8.48. The Morgan fingerprint density at radius 3 is 2.56 bits per heavy atom. The van der Waals surface area contributed by atoms with Gasteiger partial charge in [0.15, 0.2) is 0 Å². The minimum Gasteiger partial charge on any atom is -0.391 e. The molecule has 3 atom stereocenters. The number of hydrogen-bond acceptors (Lipinski definition) is 2. The number of aliphatic hydroxyl groups is 1. The Morgan fingerprint density at radius 2 is 1.88 bits per heavy atom. The Labute approximate surface area is 100 Å². The molecule has 0 aromatic carbocycles. The summed E-state index contributed by atoms with van der Waals surface area (Å²) in [6, 6.07) is 0.783. The van der Waals surface area contributed by atoms with Crippen molar-refractivity contribution in [1.29, 1.82) is 0 Å². The molecule has 94 valence electrons. The quantitative estimate of drug-likeness (QED) is 0.781. The van der Waals surface area contributed by atoms with Crippen LogP contribution in [0.4, 0.5) is 0 Å². The van der Waals surface area contributed by atoms with Crippen LogP contribution in [0.3, 0.4) is 0 Å². The lowest BCUT2D eigenvalue weighted by Crippen LogP contribution is -2.43. The number of β-amino-alcohol motifs (C(OH)–C–C–N with tert-alkyl or cyclic N) is 1. The van der Waals surface area contributed by atoms with Crippen molar-refractivity contribution in [3.05, 3.63) is 0 Å². The van der Waals surface area contributed by atoms with E-state index in [4.69, 9.17) is 0 Å². The van der Waals surface area contributed by atoms with Crippen LogP contribution in [-0.2, 0) is 0 Å². The molecule has 0 aromatic heterocycles. The summed E-state index contributed by atoms with van der Waals surface area (Å²) in [5.41, 5.74) is 0.0206. The van der Waals surface area contributed by atoms with E-state index in [1.807, 2.05) is 0 Å². The predicted octanol–water partition coefficient (Wildman–Crippen LogP) is 2.66. The molecule has 2 aliphatic rings. The third-order valence-corrected chi connectivity index (χ3v) is 4.53. The molecular weight excluding hydrogens is 198 g/mol. The van der Waals surface area contributed by atoms with E-state index in [1.165, 1.54) is 38.6 Å². The van der Waals surface area contributed by atoms with Gasteiger partial charge in [0.05, 0.1) is 6.10 Å². The van der Waals surface area contributed by atoms with Crippen LogP contribution < -0.4 is 0 Å². The summed E-state index contributed by atoms with van der Waals surface area (Å²) in [6.07, 6.45) is 6.78. The van der Waals surface area contributed by atoms with Gasteiger partial charge in [0, 0.05) is 12.6 Å². The van der Waals surface area contributed by atoms with Gasteiger partial charge in [-0.1, -0.05) is 33.6 Å². The second kappa shape index (κ2) is 4.66. The van der Waals surface area contributed by atoms with Crippen LogP contribution in [0.1, 0.15) is 52.9 Å². The van der Waals surface area contributed by atoms with Crippen LogP contribution in [0.25, 0.3) is 0 Å². The van der Waals surface area contributed by atoms with Gasteiger partial charge in [0.1, 0.15) is 0 Å². The van der Waals surface area contributed by atoms with E-state index in [2.05, 4.69) is 25.7 Å². The number of nitrogens with zero attached hydrogens (tertiary/aromatic N) is 1. The molecule has 1 saturated carbocycles. The van der Waals surface area contributed by atoms with Crippen LogP contribution in [0, 0.1) is 11.3 Å². The van der Waals surface area contributed by atoms with Gasteiger partial charge in [0.2, 0.25) is 0 Å². The second-order valence-corrected chi connectivity index (χ2v) is 6.78. The third-order valence-electron chi connectivity index (χ3n) is 4.53. The molecule has 2 rings (SSSR count). The molecule has 1 aliphatic heterocycles. The number of hydrogen-bond donors (Lipinski definition) is 1. The highest BCUT2D eigenvalue weighted by molar-refractivity contribution is 4.91. The minimum absolute atomic E-state index is 0.0206. The fraction of sp³-hybridized carbons (Fsp3) is 1.00. The zero-order valence-corrected chi connectivity index (χ0v) is 11.1. The summed E-state index contributed by atoms with van der Waals surface area (Å²) in [5.74, 6) is 0.931. The first-order valence-corrected chi connectivity index (χ1v) is 6.90. The molecule has 1 heterocycles. The van der Waals surface area contributed by atoms with Gasteiger partial charge >= 0.3 is 0 Å². The standard InChI is InChI=1S/C14H27NO/c1-14(2,3)13(16)10-15-9-8-11-6-4-5-7-12(11)15/h11-13,16H,4-10H2,1-3H3. The van der Waals surface area contributed by atoms with Crippen LogP contribution in [0.5, 0.6) is 0 Å². The van der Waals surface area contributed by atoms with Gasteiger partial charge in [-0.2, -0.15) is 0 Å². The van der Waals surface area contributed by atoms with Gasteiger partial charge in [-0.25, -0.2) is 0 Å². The molecule has 2 nitrogen and oxygen atoms in total. The van der Waals surface area contributed by atoms with E-state index in [1.54, 1.807) is 0 Å². The first-order chi connectivity index (χ1) is 7.48. The van der Waals surface area contributed by atoms with Crippen LogP contribution in [0.15, 0.2) is 0 Å². The first-order valence-electron chi connectivity index (χ1n) is 6.90. The van der Waals surface area contributed by atoms with Crippen molar-refractivity contribution in [2.24, 2.45) is 11.3 Å². The van der Waals surface area contributed by atoms with Crippen molar-refractivity contribution in [2.75, 3.05) is 13.1 Å². The maximum Gasteiger partial charge on any atom is 0.0715 e. The maximum absolute atomic E-state index is 10.2. The van der Waals surface area contributed by atoms with Crippen molar-refractivity contribution in [3.8, 4) is 0 Å². The Hall–Kier alpha value is -0.0800. The zero-order chi connectivity index (χ0) is 11.8. The van der Waals surface area contributed by atoms with Gasteiger partial charge in [-0.3, -0.25) is 4.90 Å². The predicted molar refractivity (Wildman–Crippen MR) is 67.4 cm³/mol. The molecule has 1 saturated heterocycles. The normalized spacial score (nSPS) is 33.8. The van der Waals surface area contributed by atoms with Gasteiger partial charge in [-0.05, 0) is 37.1 Å². The number of likely N-dealkylation sites (tertiary alicyclic amines) is 1. The molecule has 0 spiro atoms. The fourth-order valence-electron chi connectivity index (χ4n) is 3.23. The van der Waals surface area contributed by atoms with E-state index in [0.29, 0.717) is 0 Å².